The monoisotopic (exact) mass is 592 g/mol. The lowest BCUT2D eigenvalue weighted by molar-refractivity contribution is 0.0265. The van der Waals surface area contributed by atoms with Crippen molar-refractivity contribution in [2.45, 2.75) is 92.1 Å². The first-order chi connectivity index (χ1) is 20.3. The first-order valence-electron chi connectivity index (χ1n) is 15.7. The molecule has 0 bridgehead atoms. The zero-order valence-electron chi connectivity index (χ0n) is 26.3. The van der Waals surface area contributed by atoms with Crippen molar-refractivity contribution in [3.8, 4) is 0 Å². The molecule has 43 heavy (non-hydrogen) atoms. The summed E-state index contributed by atoms with van der Waals surface area (Å²) in [6, 6.07) is 3.19. The second kappa shape index (κ2) is 13.8. The first kappa shape index (κ1) is 33.0. The summed E-state index contributed by atoms with van der Waals surface area (Å²) >= 11 is 0. The van der Waals surface area contributed by atoms with Crippen LogP contribution in [0, 0.1) is 45.4 Å². The van der Waals surface area contributed by atoms with Gasteiger partial charge in [0.1, 0.15) is 6.10 Å². The Morgan fingerprint density at radius 2 is 1.81 bits per heavy atom. The predicted octanol–water partition coefficient (Wildman–Crippen LogP) is 8.89. The summed E-state index contributed by atoms with van der Waals surface area (Å²) in [6.45, 7) is 16.0. The fourth-order valence-electron chi connectivity index (χ4n) is 7.12. The van der Waals surface area contributed by atoms with Gasteiger partial charge in [-0.3, -0.25) is 10.4 Å². The minimum absolute atomic E-state index is 0.116. The number of benzene rings is 1. The van der Waals surface area contributed by atoms with Crippen LogP contribution >= 0.6 is 0 Å². The third-order valence-electron chi connectivity index (χ3n) is 10.3. The molecular formula is C35H48N2O6-2. The van der Waals surface area contributed by atoms with Gasteiger partial charge in [-0.25, -0.2) is 4.79 Å². The van der Waals surface area contributed by atoms with Crippen LogP contribution in [0.1, 0.15) is 96.3 Å². The summed E-state index contributed by atoms with van der Waals surface area (Å²) in [4.78, 5) is 12.9. The van der Waals surface area contributed by atoms with Gasteiger partial charge in [-0.2, -0.15) is 0 Å². The number of allylic oxidation sites excluding steroid dienone is 6. The molecule has 2 N–H and O–H groups in total. The van der Waals surface area contributed by atoms with E-state index in [1.54, 1.807) is 0 Å². The van der Waals surface area contributed by atoms with E-state index in [4.69, 9.17) is 4.74 Å². The molecule has 236 valence electrons. The minimum Gasteiger partial charge on any atom is -0.769 e. The van der Waals surface area contributed by atoms with E-state index in [9.17, 15) is 25.6 Å². The Labute approximate surface area is 256 Å². The highest BCUT2D eigenvalue weighted by atomic mass is 16.8. The van der Waals surface area contributed by atoms with E-state index in [0.29, 0.717) is 54.3 Å². The van der Waals surface area contributed by atoms with Gasteiger partial charge in [0, 0.05) is 12.1 Å². The molecule has 0 heterocycles. The largest absolute Gasteiger partial charge is 0.769 e. The average molecular weight is 593 g/mol. The van der Waals surface area contributed by atoms with Crippen LogP contribution in [-0.4, -0.2) is 22.5 Å². The molecular weight excluding hydrogens is 544 g/mol. The van der Waals surface area contributed by atoms with Gasteiger partial charge in [-0.05, 0) is 104 Å². The van der Waals surface area contributed by atoms with Crippen LogP contribution in [0.5, 0.6) is 0 Å². The number of carbonyl (C=O) groups excluding carboxylic acids is 1. The maximum Gasteiger partial charge on any atom is 0.338 e. The minimum atomic E-state index is -0.743. The molecule has 0 radical (unpaired) electrons. The number of hydrogen-bond acceptors (Lipinski definition) is 8. The Morgan fingerprint density at radius 1 is 1.09 bits per heavy atom. The van der Waals surface area contributed by atoms with Gasteiger partial charge in [-0.15, -0.1) is 5.23 Å². The first-order valence-corrected chi connectivity index (χ1v) is 15.7. The summed E-state index contributed by atoms with van der Waals surface area (Å²) in [6.07, 6.45) is 16.8. The van der Waals surface area contributed by atoms with E-state index in [-0.39, 0.29) is 16.5 Å². The predicted molar refractivity (Wildman–Crippen MR) is 171 cm³/mol. The van der Waals surface area contributed by atoms with Crippen LogP contribution in [0.15, 0.2) is 65.8 Å². The van der Waals surface area contributed by atoms with Crippen molar-refractivity contribution in [3.63, 3.8) is 0 Å². The molecule has 0 spiro atoms. The van der Waals surface area contributed by atoms with Crippen LogP contribution in [-0.2, 0) is 4.74 Å². The number of rotatable bonds is 9. The molecule has 6 unspecified atom stereocenters. The van der Waals surface area contributed by atoms with Crippen LogP contribution in [0.4, 0.5) is 11.4 Å². The highest BCUT2D eigenvalue weighted by Crippen LogP contribution is 2.58. The summed E-state index contributed by atoms with van der Waals surface area (Å²) in [5.41, 5.74) is 3.10. The van der Waals surface area contributed by atoms with Gasteiger partial charge >= 0.3 is 5.97 Å². The van der Waals surface area contributed by atoms with Crippen LogP contribution < -0.4 is 10.5 Å². The van der Waals surface area contributed by atoms with E-state index in [0.717, 1.165) is 35.8 Å². The Kier molecular flexibility index (Phi) is 10.6. The molecule has 6 atom stereocenters. The number of ether oxygens (including phenoxy) is 1. The quantitative estimate of drug-likeness (QED) is 0.166. The van der Waals surface area contributed by atoms with Crippen LogP contribution in [0.3, 0.4) is 0 Å². The number of carbonyl (C=O) groups is 1. The fourth-order valence-corrected chi connectivity index (χ4v) is 7.12. The third-order valence-corrected chi connectivity index (χ3v) is 10.3. The second-order valence-corrected chi connectivity index (χ2v) is 13.7. The van der Waals surface area contributed by atoms with E-state index in [1.807, 2.05) is 0 Å². The van der Waals surface area contributed by atoms with Gasteiger partial charge in [0.05, 0.1) is 11.3 Å². The maximum atomic E-state index is 12.9. The maximum absolute atomic E-state index is 12.9. The van der Waals surface area contributed by atoms with Gasteiger partial charge in [0.15, 0.2) is 0 Å². The number of nitrogens with zero attached hydrogens (tertiary/aromatic N) is 2. The highest BCUT2D eigenvalue weighted by Gasteiger charge is 2.47. The zero-order valence-corrected chi connectivity index (χ0v) is 26.3. The molecule has 8 nitrogen and oxygen atoms in total. The Bertz CT molecular complexity index is 1240. The molecule has 0 aliphatic heterocycles. The highest BCUT2D eigenvalue weighted by molar-refractivity contribution is 5.92. The summed E-state index contributed by atoms with van der Waals surface area (Å²) in [7, 11) is 0. The average Bonchev–Trinajstić information content (AvgIpc) is 3.33. The van der Waals surface area contributed by atoms with Crippen molar-refractivity contribution >= 4 is 17.3 Å². The molecule has 1 aromatic rings. The lowest BCUT2D eigenvalue weighted by atomic mass is 9.67. The molecule has 3 fully saturated rings. The molecule has 3 aliphatic rings. The molecule has 0 saturated heterocycles. The number of esters is 1. The van der Waals surface area contributed by atoms with Crippen molar-refractivity contribution in [3.05, 3.63) is 81.8 Å². The molecule has 4 rings (SSSR count). The Hall–Kier alpha value is -2.91. The van der Waals surface area contributed by atoms with Crippen molar-refractivity contribution < 1.29 is 19.9 Å². The normalized spacial score (nSPS) is 29.3. The summed E-state index contributed by atoms with van der Waals surface area (Å²) in [5.74, 6) is 2.33. The van der Waals surface area contributed by atoms with E-state index < -0.39 is 23.0 Å². The molecule has 3 saturated carbocycles. The molecule has 0 amide bonds. The van der Waals surface area contributed by atoms with Crippen LogP contribution in [0.25, 0.3) is 0 Å². The van der Waals surface area contributed by atoms with Crippen LogP contribution in [0.2, 0.25) is 0 Å². The van der Waals surface area contributed by atoms with E-state index in [2.05, 4.69) is 65.5 Å². The Balaban J connectivity index is 1.46. The van der Waals surface area contributed by atoms with Crippen molar-refractivity contribution in [2.75, 3.05) is 10.5 Å². The number of fused-ring (bicyclic) bond motifs is 1. The SMILES string of the molecule is C=C1CCC(OC(=O)c2cc(N([O-])[O-])cc(N(O)O)c2)CC1=CC=C1CCCC2(C)CC(C(C)C=CC(C)C(C)C)CC12. The van der Waals surface area contributed by atoms with E-state index in [1.165, 1.54) is 31.3 Å². The van der Waals surface area contributed by atoms with Crippen molar-refractivity contribution in [1.82, 2.24) is 0 Å². The molecule has 3 aliphatic carbocycles. The standard InChI is InChI=1S/C35H48N2O6/c1-22(2)23(3)9-10-25(5)29-19-33-26(8-7-15-35(33,6)21-29)12-13-27-18-32(14-11-24(27)4)43-34(38)28-16-30(36(39)40)20-31(17-28)37(41)42/h9-10,12-13,16-17,20,22-23,25,29,32-33,39-40H,4,7-8,11,14-15,18-19,21H2,1-3,5-6H3/q-2. The van der Waals surface area contributed by atoms with Gasteiger partial charge in [-0.1, -0.05) is 76.6 Å². The van der Waals surface area contributed by atoms with Crippen molar-refractivity contribution in [2.24, 2.45) is 35.0 Å². The fraction of sp³-hybridized carbons (Fsp3) is 0.571. The lowest BCUT2D eigenvalue weighted by Gasteiger charge is -2.38. The van der Waals surface area contributed by atoms with E-state index >= 15 is 0 Å². The number of anilines is 2. The zero-order chi connectivity index (χ0) is 31.5. The van der Waals surface area contributed by atoms with Gasteiger partial charge in [0.25, 0.3) is 0 Å². The second-order valence-electron chi connectivity index (χ2n) is 13.7. The topological polar surface area (TPSA) is 119 Å². The molecule has 1 aromatic carbocycles. The smallest absolute Gasteiger partial charge is 0.338 e. The van der Waals surface area contributed by atoms with Gasteiger partial charge < -0.3 is 20.4 Å². The molecule has 8 heteroatoms. The number of hydrogen-bond donors (Lipinski definition) is 2. The van der Waals surface area contributed by atoms with Gasteiger partial charge in [0.2, 0.25) is 0 Å². The summed E-state index contributed by atoms with van der Waals surface area (Å²) < 4.78 is 5.75. The summed E-state index contributed by atoms with van der Waals surface area (Å²) in [5, 5.41) is 40.3. The third kappa shape index (κ3) is 7.98. The lowest BCUT2D eigenvalue weighted by Crippen LogP contribution is -2.27. The molecule has 0 aromatic heterocycles. The van der Waals surface area contributed by atoms with Crippen molar-refractivity contribution in [1.29, 1.82) is 0 Å². The Morgan fingerprint density at radius 3 is 2.49 bits per heavy atom.